The van der Waals surface area contributed by atoms with Gasteiger partial charge >= 0.3 is 5.97 Å². The molecule has 17 heavy (non-hydrogen) atoms. The number of aryl methyl sites for hydroxylation is 1. The quantitative estimate of drug-likeness (QED) is 0.667. The second kappa shape index (κ2) is 5.25. The van der Waals surface area contributed by atoms with Gasteiger partial charge in [-0.3, -0.25) is 0 Å². The lowest BCUT2D eigenvalue weighted by molar-refractivity contribution is -0.147. The molecule has 9 heteroatoms. The van der Waals surface area contributed by atoms with Crippen LogP contribution in [0.2, 0.25) is 0 Å². The van der Waals surface area contributed by atoms with Gasteiger partial charge in [0.25, 0.3) is 10.0 Å². The van der Waals surface area contributed by atoms with Gasteiger partial charge in [0.1, 0.15) is 0 Å². The van der Waals surface area contributed by atoms with Crippen LogP contribution in [0.15, 0.2) is 17.6 Å². The van der Waals surface area contributed by atoms with Crippen LogP contribution < -0.4 is 4.72 Å². The first-order chi connectivity index (χ1) is 7.86. The van der Waals surface area contributed by atoms with Crippen molar-refractivity contribution in [3.63, 3.8) is 0 Å². The number of nitrogens with one attached hydrogen (secondary N) is 1. The van der Waals surface area contributed by atoms with Gasteiger partial charge in [0.2, 0.25) is 0 Å². The van der Waals surface area contributed by atoms with Crippen LogP contribution in [-0.4, -0.2) is 48.8 Å². The summed E-state index contributed by atoms with van der Waals surface area (Å²) in [5, 5.41) is 8.50. The Labute approximate surface area is 98.3 Å². The molecule has 96 valence electrons. The van der Waals surface area contributed by atoms with Crippen molar-refractivity contribution in [3.8, 4) is 0 Å². The van der Waals surface area contributed by atoms with E-state index in [2.05, 4.69) is 14.4 Å². The van der Waals surface area contributed by atoms with E-state index in [1.165, 1.54) is 24.2 Å². The summed E-state index contributed by atoms with van der Waals surface area (Å²) >= 11 is 0. The molecule has 0 aliphatic carbocycles. The summed E-state index contributed by atoms with van der Waals surface area (Å²) in [5.74, 6) is -1.24. The lowest BCUT2D eigenvalue weighted by Crippen LogP contribution is -2.37. The molecule has 0 aliphatic heterocycles. The van der Waals surface area contributed by atoms with Crippen molar-refractivity contribution in [2.45, 2.75) is 11.1 Å². The van der Waals surface area contributed by atoms with Crippen LogP contribution >= 0.6 is 0 Å². The molecule has 0 aliphatic rings. The van der Waals surface area contributed by atoms with Gasteiger partial charge in [-0.1, -0.05) is 0 Å². The molecule has 0 aromatic carbocycles. The third-order valence-corrected chi connectivity index (χ3v) is 3.28. The lowest BCUT2D eigenvalue weighted by Gasteiger charge is -2.10. The molecule has 2 N–H and O–H groups in total. The molecule has 0 radical (unpaired) electrons. The van der Waals surface area contributed by atoms with Crippen LogP contribution in [0.4, 0.5) is 0 Å². The highest BCUT2D eigenvalue weighted by Crippen LogP contribution is 2.04. The molecule has 0 spiro atoms. The number of nitrogens with zero attached hydrogens (tertiary/aromatic N) is 2. The van der Waals surface area contributed by atoms with Crippen LogP contribution in [0, 0.1) is 0 Å². The lowest BCUT2D eigenvalue weighted by atomic mass is 10.4. The van der Waals surface area contributed by atoms with Crippen molar-refractivity contribution in [1.29, 1.82) is 0 Å². The first-order valence-electron chi connectivity index (χ1n) is 4.60. The van der Waals surface area contributed by atoms with E-state index in [4.69, 9.17) is 5.11 Å². The fourth-order valence-corrected chi connectivity index (χ4v) is 2.07. The number of rotatable bonds is 6. The highest BCUT2D eigenvalue weighted by molar-refractivity contribution is 7.89. The third kappa shape index (κ3) is 3.51. The molecule has 0 bridgehead atoms. The molecule has 1 rings (SSSR count). The number of hydrogen-bond donors (Lipinski definition) is 2. The number of carboxylic acids is 1. The Morgan fingerprint density at radius 2 is 2.35 bits per heavy atom. The van der Waals surface area contributed by atoms with E-state index in [1.807, 2.05) is 0 Å². The fourth-order valence-electron chi connectivity index (χ4n) is 1.06. The molecule has 0 saturated carbocycles. The Balaban J connectivity index is 2.71. The second-order valence-corrected chi connectivity index (χ2v) is 5.01. The summed E-state index contributed by atoms with van der Waals surface area (Å²) in [4.78, 5) is 14.3. The van der Waals surface area contributed by atoms with Gasteiger partial charge in [0, 0.05) is 26.9 Å². The first kappa shape index (κ1) is 13.6. The Hall–Kier alpha value is -1.45. The van der Waals surface area contributed by atoms with Gasteiger partial charge in [-0.05, 0) is 0 Å². The Bertz CT molecular complexity index is 495. The number of methoxy groups -OCH3 is 1. The van der Waals surface area contributed by atoms with E-state index in [1.54, 1.807) is 7.05 Å². The summed E-state index contributed by atoms with van der Waals surface area (Å²) in [5.41, 5.74) is 0. The van der Waals surface area contributed by atoms with E-state index in [0.717, 1.165) is 0 Å². The molecule has 1 unspecified atom stereocenters. The van der Waals surface area contributed by atoms with E-state index < -0.39 is 22.1 Å². The maximum absolute atomic E-state index is 11.7. The zero-order valence-electron chi connectivity index (χ0n) is 9.32. The predicted molar refractivity (Wildman–Crippen MR) is 56.8 cm³/mol. The monoisotopic (exact) mass is 263 g/mol. The average molecular weight is 263 g/mol. The maximum atomic E-state index is 11.7. The number of ether oxygens (including phenoxy) is 1. The van der Waals surface area contributed by atoms with Crippen molar-refractivity contribution in [1.82, 2.24) is 14.3 Å². The second-order valence-electron chi connectivity index (χ2n) is 3.29. The maximum Gasteiger partial charge on any atom is 0.334 e. The minimum atomic E-state index is -3.80. The zero-order valence-corrected chi connectivity index (χ0v) is 10.1. The zero-order chi connectivity index (χ0) is 13.1. The third-order valence-electron chi connectivity index (χ3n) is 1.98. The Kier molecular flexibility index (Phi) is 4.21. The number of carbonyl (C=O) groups is 1. The Morgan fingerprint density at radius 1 is 1.71 bits per heavy atom. The molecule has 0 saturated heterocycles. The summed E-state index contributed by atoms with van der Waals surface area (Å²) in [6.45, 7) is -0.356. The van der Waals surface area contributed by atoms with E-state index >= 15 is 0 Å². The van der Waals surface area contributed by atoms with E-state index in [9.17, 15) is 13.2 Å². The van der Waals surface area contributed by atoms with E-state index in [0.29, 0.717) is 0 Å². The normalized spacial score (nSPS) is 13.5. The van der Waals surface area contributed by atoms with Gasteiger partial charge in [-0.25, -0.2) is 22.9 Å². The van der Waals surface area contributed by atoms with Crippen LogP contribution in [-0.2, 0) is 26.6 Å². The van der Waals surface area contributed by atoms with Crippen molar-refractivity contribution in [2.75, 3.05) is 13.7 Å². The van der Waals surface area contributed by atoms with Crippen LogP contribution in [0.5, 0.6) is 0 Å². The molecule has 0 fully saturated rings. The molecule has 1 aromatic rings. The van der Waals surface area contributed by atoms with E-state index in [-0.39, 0.29) is 11.6 Å². The molecular weight excluding hydrogens is 250 g/mol. The van der Waals surface area contributed by atoms with Crippen LogP contribution in [0.25, 0.3) is 0 Å². The number of imidazole rings is 1. The smallest absolute Gasteiger partial charge is 0.334 e. The van der Waals surface area contributed by atoms with Gasteiger partial charge in [-0.15, -0.1) is 0 Å². The summed E-state index contributed by atoms with van der Waals surface area (Å²) < 4.78 is 31.5. The Morgan fingerprint density at radius 3 is 2.76 bits per heavy atom. The highest BCUT2D eigenvalue weighted by Gasteiger charge is 2.22. The molecule has 1 heterocycles. The standard InChI is InChI=1S/C8H13N3O5S/c1-11-4-7(9-5-11)17(14,15)10-3-6(16-2)8(12)13/h4-6,10H,3H2,1-2H3,(H,12,13). The number of hydrogen-bond acceptors (Lipinski definition) is 5. The van der Waals surface area contributed by atoms with Gasteiger partial charge in [-0.2, -0.15) is 0 Å². The minimum absolute atomic E-state index is 0.166. The summed E-state index contributed by atoms with van der Waals surface area (Å²) in [6.07, 6.45) is 1.42. The summed E-state index contributed by atoms with van der Waals surface area (Å²) in [7, 11) is -0.989. The molecule has 1 aromatic heterocycles. The number of aromatic nitrogens is 2. The van der Waals surface area contributed by atoms with Gasteiger partial charge in [0.15, 0.2) is 11.1 Å². The topological polar surface area (TPSA) is 111 Å². The molecule has 0 amide bonds. The largest absolute Gasteiger partial charge is 0.479 e. The number of sulfonamides is 1. The molecular formula is C8H13N3O5S. The minimum Gasteiger partial charge on any atom is -0.479 e. The van der Waals surface area contributed by atoms with Crippen molar-refractivity contribution in [2.24, 2.45) is 7.05 Å². The average Bonchev–Trinajstić information content (AvgIpc) is 2.66. The summed E-state index contributed by atoms with van der Waals surface area (Å²) in [6, 6.07) is 0. The van der Waals surface area contributed by atoms with Crippen LogP contribution in [0.3, 0.4) is 0 Å². The first-order valence-corrected chi connectivity index (χ1v) is 6.08. The van der Waals surface area contributed by atoms with Gasteiger partial charge < -0.3 is 14.4 Å². The SMILES string of the molecule is COC(CNS(=O)(=O)c1cn(C)cn1)C(=O)O. The fraction of sp³-hybridized carbons (Fsp3) is 0.500. The van der Waals surface area contributed by atoms with Crippen molar-refractivity contribution < 1.29 is 23.1 Å². The van der Waals surface area contributed by atoms with Crippen molar-refractivity contribution >= 4 is 16.0 Å². The predicted octanol–water partition coefficient (Wildman–Crippen LogP) is -1.20. The van der Waals surface area contributed by atoms with Crippen LogP contribution in [0.1, 0.15) is 0 Å². The van der Waals surface area contributed by atoms with Crippen molar-refractivity contribution in [3.05, 3.63) is 12.5 Å². The number of carboxylic acid groups (broad SMARTS) is 1. The van der Waals surface area contributed by atoms with Gasteiger partial charge in [0.05, 0.1) is 6.33 Å². The highest BCUT2D eigenvalue weighted by atomic mass is 32.2. The molecule has 8 nitrogen and oxygen atoms in total. The molecule has 1 atom stereocenters. The number of aliphatic carboxylic acids is 1.